The summed E-state index contributed by atoms with van der Waals surface area (Å²) in [4.78, 5) is 22.3. The maximum atomic E-state index is 11.3. The van der Waals surface area contributed by atoms with Crippen molar-refractivity contribution in [3.8, 4) is 0 Å². The summed E-state index contributed by atoms with van der Waals surface area (Å²) in [5.41, 5.74) is -0.629. The minimum atomic E-state index is -0.629. The fourth-order valence-corrected chi connectivity index (χ4v) is 1.63. The number of hydrogen-bond donors (Lipinski definition) is 1. The summed E-state index contributed by atoms with van der Waals surface area (Å²) < 4.78 is 4.69. The van der Waals surface area contributed by atoms with E-state index in [4.69, 9.17) is 4.74 Å². The first kappa shape index (κ1) is 10.5. The number of Topliss-reactive ketones (excluding diaryl/α,β-unsaturated/α-hetero) is 1. The number of hydrogen-bond acceptors (Lipinski definition) is 3. The van der Waals surface area contributed by atoms with Crippen LogP contribution in [0.2, 0.25) is 0 Å². The Morgan fingerprint density at radius 2 is 2.15 bits per heavy atom. The Hall–Kier alpha value is -0.580. The van der Waals surface area contributed by atoms with Crippen LogP contribution in [0.1, 0.15) is 19.8 Å². The van der Waals surface area contributed by atoms with Crippen LogP contribution in [0.15, 0.2) is 0 Å². The molecule has 74 valence electrons. The molecule has 4 nitrogen and oxygen atoms in total. The largest absolute Gasteiger partial charge is 0.450 e. The van der Waals surface area contributed by atoms with E-state index in [1.165, 1.54) is 0 Å². The second-order valence-corrected chi connectivity index (χ2v) is 3.55. The van der Waals surface area contributed by atoms with Gasteiger partial charge in [-0.25, -0.2) is 4.79 Å². The molecule has 13 heavy (non-hydrogen) atoms. The van der Waals surface area contributed by atoms with Crippen molar-refractivity contribution >= 4 is 27.8 Å². The molecular weight excluding hydrogens is 238 g/mol. The van der Waals surface area contributed by atoms with Crippen LogP contribution in [0, 0.1) is 0 Å². The Labute approximate surface area is 85.1 Å². The average Bonchev–Trinajstić information content (AvgIpc) is 2.85. The number of ketones is 1. The summed E-state index contributed by atoms with van der Waals surface area (Å²) in [6, 6.07) is 0. The topological polar surface area (TPSA) is 55.4 Å². The van der Waals surface area contributed by atoms with E-state index in [0.29, 0.717) is 6.61 Å². The number of nitrogens with one attached hydrogen (secondary N) is 1. The molecule has 1 saturated carbocycles. The van der Waals surface area contributed by atoms with Crippen LogP contribution in [0.5, 0.6) is 0 Å². The normalized spacial score (nSPS) is 17.7. The number of carbonyl (C=O) groups excluding carboxylic acids is 2. The van der Waals surface area contributed by atoms with Gasteiger partial charge in [-0.3, -0.25) is 4.79 Å². The van der Waals surface area contributed by atoms with Gasteiger partial charge < -0.3 is 10.1 Å². The van der Waals surface area contributed by atoms with Gasteiger partial charge >= 0.3 is 6.09 Å². The van der Waals surface area contributed by atoms with E-state index >= 15 is 0 Å². The molecule has 5 heteroatoms. The lowest BCUT2D eigenvalue weighted by Crippen LogP contribution is -2.44. The lowest BCUT2D eigenvalue weighted by Gasteiger charge is -2.13. The van der Waals surface area contributed by atoms with E-state index in [9.17, 15) is 9.59 Å². The van der Waals surface area contributed by atoms with Crippen LogP contribution < -0.4 is 5.32 Å². The summed E-state index contributed by atoms with van der Waals surface area (Å²) in [7, 11) is 0. The van der Waals surface area contributed by atoms with E-state index in [1.54, 1.807) is 6.92 Å². The molecule has 0 aliphatic heterocycles. The molecule has 1 aliphatic rings. The Morgan fingerprint density at radius 3 is 2.54 bits per heavy atom. The number of carbonyl (C=O) groups is 2. The molecule has 0 aromatic heterocycles. The van der Waals surface area contributed by atoms with Gasteiger partial charge in [0, 0.05) is 0 Å². The molecule has 1 aliphatic carbocycles. The molecule has 0 radical (unpaired) electrons. The molecule has 0 spiro atoms. The number of alkyl halides is 1. The van der Waals surface area contributed by atoms with Crippen LogP contribution in [0.25, 0.3) is 0 Å². The fraction of sp³-hybridized carbons (Fsp3) is 0.750. The highest BCUT2D eigenvalue weighted by molar-refractivity contribution is 9.09. The SMILES string of the molecule is CCOC(=O)NC1(C(=O)CBr)CC1. The summed E-state index contributed by atoms with van der Waals surface area (Å²) in [6.45, 7) is 2.05. The van der Waals surface area contributed by atoms with Crippen molar-refractivity contribution < 1.29 is 14.3 Å². The van der Waals surface area contributed by atoms with Crippen molar-refractivity contribution in [3.05, 3.63) is 0 Å². The summed E-state index contributed by atoms with van der Waals surface area (Å²) in [5.74, 6) is 0.0144. The fourth-order valence-electron chi connectivity index (χ4n) is 1.09. The van der Waals surface area contributed by atoms with Crippen LogP contribution in [0.3, 0.4) is 0 Å². The highest BCUT2D eigenvalue weighted by Crippen LogP contribution is 2.36. The maximum Gasteiger partial charge on any atom is 0.407 e. The van der Waals surface area contributed by atoms with Crippen LogP contribution >= 0.6 is 15.9 Å². The molecule has 0 saturated heterocycles. The van der Waals surface area contributed by atoms with Gasteiger partial charge in [0.25, 0.3) is 0 Å². The van der Waals surface area contributed by atoms with Crippen LogP contribution in [-0.4, -0.2) is 29.4 Å². The van der Waals surface area contributed by atoms with E-state index in [1.807, 2.05) is 0 Å². The van der Waals surface area contributed by atoms with E-state index < -0.39 is 11.6 Å². The van der Waals surface area contributed by atoms with Crippen molar-refractivity contribution in [2.75, 3.05) is 11.9 Å². The molecule has 1 amide bonds. The third kappa shape index (κ3) is 2.43. The van der Waals surface area contributed by atoms with Crippen LogP contribution in [-0.2, 0) is 9.53 Å². The third-order valence-electron chi connectivity index (χ3n) is 2.02. The first-order valence-corrected chi connectivity index (χ1v) is 5.31. The van der Waals surface area contributed by atoms with Gasteiger partial charge in [-0.1, -0.05) is 15.9 Å². The predicted molar refractivity (Wildman–Crippen MR) is 50.9 cm³/mol. The first-order valence-electron chi connectivity index (χ1n) is 4.19. The van der Waals surface area contributed by atoms with Crippen molar-refractivity contribution in [2.45, 2.75) is 25.3 Å². The lowest BCUT2D eigenvalue weighted by molar-refractivity contribution is -0.119. The standard InChI is InChI=1S/C8H12BrNO3/c1-2-13-7(12)10-8(3-4-8)6(11)5-9/h2-5H2,1H3,(H,10,12). The van der Waals surface area contributed by atoms with E-state index in [0.717, 1.165) is 12.8 Å². The smallest absolute Gasteiger partial charge is 0.407 e. The second kappa shape index (κ2) is 4.09. The van der Waals surface area contributed by atoms with Gasteiger partial charge in [-0.05, 0) is 19.8 Å². The molecule has 0 heterocycles. The Bertz CT molecular complexity index is 225. The van der Waals surface area contributed by atoms with Crippen LogP contribution in [0.4, 0.5) is 4.79 Å². The number of alkyl carbamates (subject to hydrolysis) is 1. The predicted octanol–water partition coefficient (Wildman–Crippen LogP) is 1.23. The Kier molecular flexibility index (Phi) is 3.30. The molecule has 0 atom stereocenters. The van der Waals surface area contributed by atoms with Gasteiger partial charge in [0.15, 0.2) is 5.78 Å². The molecule has 1 rings (SSSR count). The van der Waals surface area contributed by atoms with Gasteiger partial charge in [-0.15, -0.1) is 0 Å². The monoisotopic (exact) mass is 249 g/mol. The number of rotatable bonds is 4. The number of halogens is 1. The third-order valence-corrected chi connectivity index (χ3v) is 2.53. The highest BCUT2D eigenvalue weighted by Gasteiger charge is 2.50. The average molecular weight is 250 g/mol. The Morgan fingerprint density at radius 1 is 1.54 bits per heavy atom. The highest BCUT2D eigenvalue weighted by atomic mass is 79.9. The van der Waals surface area contributed by atoms with Crippen molar-refractivity contribution in [2.24, 2.45) is 0 Å². The minimum Gasteiger partial charge on any atom is -0.450 e. The van der Waals surface area contributed by atoms with E-state index in [-0.39, 0.29) is 11.1 Å². The summed E-state index contributed by atoms with van der Waals surface area (Å²) in [6.07, 6.45) is 0.932. The number of amides is 1. The minimum absolute atomic E-state index is 0.0144. The number of ether oxygens (including phenoxy) is 1. The van der Waals surface area contributed by atoms with Crippen molar-refractivity contribution in [3.63, 3.8) is 0 Å². The second-order valence-electron chi connectivity index (χ2n) is 2.98. The van der Waals surface area contributed by atoms with Gasteiger partial charge in [0.1, 0.15) is 5.54 Å². The molecule has 0 aromatic rings. The van der Waals surface area contributed by atoms with Crippen molar-refractivity contribution in [1.82, 2.24) is 5.32 Å². The van der Waals surface area contributed by atoms with Gasteiger partial charge in [0.05, 0.1) is 11.9 Å². The molecule has 1 fully saturated rings. The zero-order valence-corrected chi connectivity index (χ0v) is 9.02. The summed E-state index contributed by atoms with van der Waals surface area (Å²) in [5, 5.41) is 2.86. The van der Waals surface area contributed by atoms with E-state index in [2.05, 4.69) is 21.2 Å². The molecule has 0 bridgehead atoms. The lowest BCUT2D eigenvalue weighted by atomic mass is 10.2. The molecule has 1 N–H and O–H groups in total. The molecular formula is C8H12BrNO3. The van der Waals surface area contributed by atoms with Crippen molar-refractivity contribution in [1.29, 1.82) is 0 Å². The van der Waals surface area contributed by atoms with Gasteiger partial charge in [0.2, 0.25) is 0 Å². The summed E-state index contributed by atoms with van der Waals surface area (Å²) >= 11 is 3.08. The maximum absolute atomic E-state index is 11.3. The van der Waals surface area contributed by atoms with Gasteiger partial charge in [-0.2, -0.15) is 0 Å². The zero-order chi connectivity index (χ0) is 9.90. The quantitative estimate of drug-likeness (QED) is 0.763. The first-order chi connectivity index (χ1) is 6.14. The molecule has 0 aromatic carbocycles. The Balaban J connectivity index is 2.43. The molecule has 0 unspecified atom stereocenters. The zero-order valence-electron chi connectivity index (χ0n) is 7.43.